The molecule has 1 aliphatic heterocycles. The van der Waals surface area contributed by atoms with E-state index >= 15 is 0 Å². The molecule has 2 unspecified atom stereocenters. The average molecular weight is 175 g/mol. The van der Waals surface area contributed by atoms with E-state index in [0.717, 1.165) is 18.4 Å². The van der Waals surface area contributed by atoms with Gasteiger partial charge in [0.25, 0.3) is 0 Å². The molecule has 0 bridgehead atoms. The maximum Gasteiger partial charge on any atom is 0.0924 e. The van der Waals surface area contributed by atoms with Gasteiger partial charge in [-0.3, -0.25) is 0 Å². The van der Waals surface area contributed by atoms with Gasteiger partial charge in [-0.05, 0) is 30.4 Å². The van der Waals surface area contributed by atoms with E-state index in [2.05, 4.69) is 21.4 Å². The van der Waals surface area contributed by atoms with Gasteiger partial charge < -0.3 is 10.3 Å². The van der Waals surface area contributed by atoms with Crippen LogP contribution < -0.4 is 5.32 Å². The van der Waals surface area contributed by atoms with Crippen molar-refractivity contribution in [3.63, 3.8) is 0 Å². The predicted octanol–water partition coefficient (Wildman–Crippen LogP) is 1.03. The molecule has 0 radical (unpaired) electrons. The van der Waals surface area contributed by atoms with Crippen molar-refractivity contribution in [3.05, 3.63) is 24.3 Å². The molecule has 2 heterocycles. The molecule has 3 rings (SSSR count). The van der Waals surface area contributed by atoms with Gasteiger partial charge in [0.15, 0.2) is 0 Å². The lowest BCUT2D eigenvalue weighted by Crippen LogP contribution is -2.09. The Morgan fingerprint density at radius 2 is 2.38 bits per heavy atom. The molecule has 2 aliphatic rings. The molecular weight excluding hydrogens is 162 g/mol. The number of allylic oxidation sites excluding steroid dienone is 1. The number of aromatic nitrogens is 2. The second-order valence-electron chi connectivity index (χ2n) is 3.94. The summed E-state index contributed by atoms with van der Waals surface area (Å²) in [6, 6.07) is 0. The van der Waals surface area contributed by atoms with Crippen LogP contribution in [0, 0.1) is 11.8 Å². The molecule has 1 aromatic heterocycles. The predicted molar refractivity (Wildman–Crippen MR) is 51.0 cm³/mol. The van der Waals surface area contributed by atoms with E-state index in [9.17, 15) is 0 Å². The van der Waals surface area contributed by atoms with E-state index in [4.69, 9.17) is 0 Å². The van der Waals surface area contributed by atoms with Gasteiger partial charge in [-0.1, -0.05) is 6.08 Å². The Morgan fingerprint density at radius 3 is 3.15 bits per heavy atom. The van der Waals surface area contributed by atoms with Crippen LogP contribution in [0.15, 0.2) is 18.6 Å². The molecule has 13 heavy (non-hydrogen) atoms. The number of nitrogens with zero attached hydrogens (tertiary/aromatic N) is 1. The van der Waals surface area contributed by atoms with Gasteiger partial charge in [0.05, 0.1) is 18.2 Å². The molecule has 0 aromatic carbocycles. The van der Waals surface area contributed by atoms with Gasteiger partial charge >= 0.3 is 0 Å². The minimum atomic E-state index is 0.762. The number of hydrogen-bond donors (Lipinski definition) is 2. The monoisotopic (exact) mass is 175 g/mol. The molecule has 68 valence electrons. The molecule has 0 spiro atoms. The largest absolute Gasteiger partial charge is 0.345 e. The fraction of sp³-hybridized carbons (Fsp3) is 0.500. The Hall–Kier alpha value is -1.09. The molecule has 1 saturated heterocycles. The highest BCUT2D eigenvalue weighted by molar-refractivity contribution is 5.65. The summed E-state index contributed by atoms with van der Waals surface area (Å²) in [5.41, 5.74) is 2.66. The second-order valence-corrected chi connectivity index (χ2v) is 3.94. The van der Waals surface area contributed by atoms with E-state index < -0.39 is 0 Å². The molecule has 1 aromatic rings. The minimum absolute atomic E-state index is 0.762. The van der Waals surface area contributed by atoms with Gasteiger partial charge in [-0.25, -0.2) is 4.98 Å². The smallest absolute Gasteiger partial charge is 0.0924 e. The van der Waals surface area contributed by atoms with Crippen molar-refractivity contribution in [2.45, 2.75) is 6.42 Å². The van der Waals surface area contributed by atoms with Crippen LogP contribution in [-0.2, 0) is 0 Å². The van der Waals surface area contributed by atoms with Crippen LogP contribution in [0.2, 0.25) is 0 Å². The van der Waals surface area contributed by atoms with Crippen LogP contribution in [0.1, 0.15) is 12.1 Å². The summed E-state index contributed by atoms with van der Waals surface area (Å²) in [5.74, 6) is 1.59. The Morgan fingerprint density at radius 1 is 1.38 bits per heavy atom. The highest BCUT2D eigenvalue weighted by Gasteiger charge is 2.31. The van der Waals surface area contributed by atoms with Gasteiger partial charge in [0, 0.05) is 6.54 Å². The van der Waals surface area contributed by atoms with Crippen molar-refractivity contribution in [3.8, 4) is 0 Å². The third kappa shape index (κ3) is 1.11. The zero-order valence-electron chi connectivity index (χ0n) is 7.46. The lowest BCUT2D eigenvalue weighted by atomic mass is 9.99. The molecule has 0 amide bonds. The maximum atomic E-state index is 4.05. The lowest BCUT2D eigenvalue weighted by molar-refractivity contribution is 0.536. The Balaban J connectivity index is 1.88. The Labute approximate surface area is 77.3 Å². The van der Waals surface area contributed by atoms with E-state index in [-0.39, 0.29) is 0 Å². The minimum Gasteiger partial charge on any atom is -0.345 e. The first-order valence-corrected chi connectivity index (χ1v) is 4.83. The van der Waals surface area contributed by atoms with Crippen molar-refractivity contribution >= 4 is 5.57 Å². The summed E-state index contributed by atoms with van der Waals surface area (Å²) in [4.78, 5) is 7.22. The standard InChI is InChI=1S/C10H13N3/c1-7(10-5-12-6-13-10)2-9-4-11-3-8(1)9/h1,5-6,8-9,11H,2-4H2,(H,12,13). The zero-order chi connectivity index (χ0) is 8.67. The number of fused-ring (bicyclic) bond motifs is 1. The topological polar surface area (TPSA) is 40.7 Å². The summed E-state index contributed by atoms with van der Waals surface area (Å²) in [6.45, 7) is 2.33. The Bertz CT molecular complexity index is 326. The molecule has 1 aliphatic carbocycles. The number of aromatic amines is 1. The van der Waals surface area contributed by atoms with Crippen LogP contribution in [0.25, 0.3) is 5.57 Å². The molecule has 3 nitrogen and oxygen atoms in total. The first kappa shape index (κ1) is 7.33. The zero-order valence-corrected chi connectivity index (χ0v) is 7.46. The first-order valence-electron chi connectivity index (χ1n) is 4.83. The summed E-state index contributed by atoms with van der Waals surface area (Å²) in [7, 11) is 0. The molecule has 3 heteroatoms. The summed E-state index contributed by atoms with van der Waals surface area (Å²) >= 11 is 0. The van der Waals surface area contributed by atoms with Crippen molar-refractivity contribution in [2.75, 3.05) is 13.1 Å². The van der Waals surface area contributed by atoms with E-state index in [0.29, 0.717) is 0 Å². The summed E-state index contributed by atoms with van der Waals surface area (Å²) in [6.07, 6.45) is 7.28. The van der Waals surface area contributed by atoms with Gasteiger partial charge in [-0.2, -0.15) is 0 Å². The van der Waals surface area contributed by atoms with Crippen LogP contribution in [0.5, 0.6) is 0 Å². The normalized spacial score (nSPS) is 31.8. The van der Waals surface area contributed by atoms with Crippen LogP contribution in [0.3, 0.4) is 0 Å². The Kier molecular flexibility index (Phi) is 1.52. The summed E-state index contributed by atoms with van der Waals surface area (Å²) < 4.78 is 0. The van der Waals surface area contributed by atoms with Gasteiger partial charge in [0.1, 0.15) is 0 Å². The highest BCUT2D eigenvalue weighted by Crippen LogP contribution is 2.37. The third-order valence-electron chi connectivity index (χ3n) is 3.13. The van der Waals surface area contributed by atoms with Crippen molar-refractivity contribution in [1.82, 2.24) is 15.3 Å². The number of nitrogens with one attached hydrogen (secondary N) is 2. The first-order chi connectivity index (χ1) is 6.43. The highest BCUT2D eigenvalue weighted by atomic mass is 14.9. The molecule has 2 atom stereocenters. The second kappa shape index (κ2) is 2.70. The van der Waals surface area contributed by atoms with E-state index in [1.54, 1.807) is 6.33 Å². The van der Waals surface area contributed by atoms with Crippen molar-refractivity contribution < 1.29 is 0 Å². The van der Waals surface area contributed by atoms with Gasteiger partial charge in [0.2, 0.25) is 0 Å². The van der Waals surface area contributed by atoms with Crippen LogP contribution in [0.4, 0.5) is 0 Å². The molecule has 1 fully saturated rings. The fourth-order valence-electron chi connectivity index (χ4n) is 2.41. The maximum absolute atomic E-state index is 4.05. The lowest BCUT2D eigenvalue weighted by Gasteiger charge is -2.04. The summed E-state index contributed by atoms with van der Waals surface area (Å²) in [5, 5.41) is 3.42. The van der Waals surface area contributed by atoms with Gasteiger partial charge in [-0.15, -0.1) is 0 Å². The number of hydrogen-bond acceptors (Lipinski definition) is 2. The van der Waals surface area contributed by atoms with Crippen molar-refractivity contribution in [1.29, 1.82) is 0 Å². The average Bonchev–Trinajstić information content (AvgIpc) is 2.78. The number of imidazole rings is 1. The SMILES string of the molecule is C1=C(c2cnc[nH]2)CC2CNCC12. The van der Waals surface area contributed by atoms with Crippen LogP contribution in [-0.4, -0.2) is 23.1 Å². The number of H-pyrrole nitrogens is 1. The molecular formula is C10H13N3. The van der Waals surface area contributed by atoms with Crippen molar-refractivity contribution in [2.24, 2.45) is 11.8 Å². The number of rotatable bonds is 1. The quantitative estimate of drug-likeness (QED) is 0.669. The van der Waals surface area contributed by atoms with E-state index in [1.165, 1.54) is 24.2 Å². The van der Waals surface area contributed by atoms with Crippen LogP contribution >= 0.6 is 0 Å². The fourth-order valence-corrected chi connectivity index (χ4v) is 2.41. The molecule has 0 saturated carbocycles. The third-order valence-corrected chi connectivity index (χ3v) is 3.13. The van der Waals surface area contributed by atoms with E-state index in [1.807, 2.05) is 6.20 Å². The molecule has 2 N–H and O–H groups in total.